The van der Waals surface area contributed by atoms with E-state index in [-0.39, 0.29) is 11.5 Å². The average Bonchev–Trinajstić information content (AvgIpc) is 3.06. The number of nitrogens with zero attached hydrogens (tertiary/aromatic N) is 1. The molecule has 1 aliphatic carbocycles. The lowest BCUT2D eigenvalue weighted by Gasteiger charge is -2.33. The van der Waals surface area contributed by atoms with E-state index < -0.39 is 22.0 Å². The maximum Gasteiger partial charge on any atom is 0.324 e. The molecule has 2 aromatic rings. The van der Waals surface area contributed by atoms with Gasteiger partial charge in [0.25, 0.3) is 0 Å². The van der Waals surface area contributed by atoms with Gasteiger partial charge in [-0.2, -0.15) is 4.31 Å². The topological polar surface area (TPSA) is 79.5 Å². The first-order valence-electron chi connectivity index (χ1n) is 9.84. The Balaban J connectivity index is 1.73. The summed E-state index contributed by atoms with van der Waals surface area (Å²) in [7, 11) is -3.75. The van der Waals surface area contributed by atoms with Crippen LogP contribution in [-0.4, -0.2) is 42.9 Å². The number of aromatic amines is 1. The maximum absolute atomic E-state index is 13.3. The Morgan fingerprint density at radius 1 is 1.22 bits per heavy atom. The van der Waals surface area contributed by atoms with Gasteiger partial charge >= 0.3 is 5.97 Å². The van der Waals surface area contributed by atoms with Gasteiger partial charge in [-0.15, -0.1) is 0 Å². The van der Waals surface area contributed by atoms with E-state index in [1.54, 1.807) is 19.1 Å². The number of aromatic nitrogens is 1. The van der Waals surface area contributed by atoms with Crippen molar-refractivity contribution in [2.75, 3.05) is 13.2 Å². The molecule has 1 saturated heterocycles. The Morgan fingerprint density at radius 3 is 2.85 bits per heavy atom. The van der Waals surface area contributed by atoms with E-state index in [4.69, 9.17) is 4.74 Å². The lowest BCUT2D eigenvalue weighted by molar-refractivity contribution is -0.148. The smallest absolute Gasteiger partial charge is 0.324 e. The van der Waals surface area contributed by atoms with Crippen LogP contribution in [0.25, 0.3) is 10.9 Å². The van der Waals surface area contributed by atoms with Crippen LogP contribution in [0.3, 0.4) is 0 Å². The fourth-order valence-corrected chi connectivity index (χ4v) is 6.02. The zero-order chi connectivity index (χ0) is 19.0. The van der Waals surface area contributed by atoms with Crippen LogP contribution in [0.2, 0.25) is 0 Å². The number of esters is 1. The molecule has 1 atom stereocenters. The Morgan fingerprint density at radius 2 is 2.04 bits per heavy atom. The molecule has 4 rings (SSSR count). The zero-order valence-corrected chi connectivity index (χ0v) is 16.5. The van der Waals surface area contributed by atoms with E-state index in [1.807, 2.05) is 6.07 Å². The molecule has 1 fully saturated rings. The van der Waals surface area contributed by atoms with E-state index >= 15 is 0 Å². The van der Waals surface area contributed by atoms with Crippen molar-refractivity contribution >= 4 is 26.9 Å². The van der Waals surface area contributed by atoms with E-state index in [9.17, 15) is 13.2 Å². The molecule has 0 spiro atoms. The standard InChI is InChI=1S/C20H26N2O4S/c1-2-26-20(23)19-9-5-6-12-22(19)27(24,25)14-10-11-18-16(13-14)15-7-3-4-8-17(15)21-18/h10-11,13,19,21H,2-9,12H2,1H3. The summed E-state index contributed by atoms with van der Waals surface area (Å²) in [4.78, 5) is 16.0. The molecule has 0 radical (unpaired) electrons. The predicted octanol–water partition coefficient (Wildman–Crippen LogP) is 3.15. The lowest BCUT2D eigenvalue weighted by Crippen LogP contribution is -2.48. The van der Waals surface area contributed by atoms with Gasteiger partial charge in [-0.05, 0) is 75.6 Å². The normalized spacial score (nSPS) is 21.1. The summed E-state index contributed by atoms with van der Waals surface area (Å²) >= 11 is 0. The van der Waals surface area contributed by atoms with Crippen molar-refractivity contribution in [1.29, 1.82) is 0 Å². The van der Waals surface area contributed by atoms with E-state index in [0.717, 1.165) is 43.0 Å². The fraction of sp³-hybridized carbons (Fsp3) is 0.550. The van der Waals surface area contributed by atoms with Gasteiger partial charge in [0.15, 0.2) is 0 Å². The summed E-state index contributed by atoms with van der Waals surface area (Å²) in [5.74, 6) is -0.444. The van der Waals surface area contributed by atoms with E-state index in [1.165, 1.54) is 22.0 Å². The summed E-state index contributed by atoms with van der Waals surface area (Å²) < 4.78 is 33.2. The molecule has 0 saturated carbocycles. The van der Waals surface area contributed by atoms with Crippen molar-refractivity contribution in [2.24, 2.45) is 0 Å². The quantitative estimate of drug-likeness (QED) is 0.814. The minimum atomic E-state index is -3.75. The number of H-pyrrole nitrogens is 1. The molecule has 1 aromatic heterocycles. The molecule has 0 amide bonds. The van der Waals surface area contributed by atoms with Crippen LogP contribution in [-0.2, 0) is 32.4 Å². The summed E-state index contributed by atoms with van der Waals surface area (Å²) in [5, 5.41) is 0.996. The van der Waals surface area contributed by atoms with Gasteiger partial charge in [0.05, 0.1) is 11.5 Å². The fourth-order valence-electron chi connectivity index (χ4n) is 4.35. The number of ether oxygens (including phenoxy) is 1. The van der Waals surface area contributed by atoms with Gasteiger partial charge in [-0.3, -0.25) is 4.79 Å². The SMILES string of the molecule is CCOC(=O)C1CCCCN1S(=O)(=O)c1ccc2[nH]c3c(c2c1)CCCC3. The molecule has 7 heteroatoms. The van der Waals surface area contributed by atoms with Crippen LogP contribution in [0.4, 0.5) is 0 Å². The molecular formula is C20H26N2O4S. The average molecular weight is 391 g/mol. The van der Waals surface area contributed by atoms with Gasteiger partial charge in [-0.1, -0.05) is 0 Å². The van der Waals surface area contributed by atoms with Crippen molar-refractivity contribution < 1.29 is 17.9 Å². The third-order valence-electron chi connectivity index (χ3n) is 5.69. The molecule has 27 heavy (non-hydrogen) atoms. The molecular weight excluding hydrogens is 364 g/mol. The van der Waals surface area contributed by atoms with Gasteiger partial charge in [0.1, 0.15) is 6.04 Å². The summed E-state index contributed by atoms with van der Waals surface area (Å²) in [6, 6.07) is 4.56. The van der Waals surface area contributed by atoms with Crippen LogP contribution >= 0.6 is 0 Å². The Labute approximate surface area is 159 Å². The minimum Gasteiger partial charge on any atom is -0.465 e. The number of sulfonamides is 1. The summed E-state index contributed by atoms with van der Waals surface area (Å²) in [5.41, 5.74) is 3.46. The Hall–Kier alpha value is -1.86. The molecule has 1 unspecified atom stereocenters. The Kier molecular flexibility index (Phi) is 4.99. The van der Waals surface area contributed by atoms with Crippen LogP contribution in [0.5, 0.6) is 0 Å². The second-order valence-corrected chi connectivity index (χ2v) is 9.27. The summed E-state index contributed by atoms with van der Waals surface area (Å²) in [6.07, 6.45) is 6.40. The number of carbonyl (C=O) groups excluding carboxylic acids is 1. The highest BCUT2D eigenvalue weighted by Gasteiger charge is 2.38. The molecule has 1 N–H and O–H groups in total. The number of nitrogens with one attached hydrogen (secondary N) is 1. The highest BCUT2D eigenvalue weighted by atomic mass is 32.2. The molecule has 2 aliphatic rings. The number of rotatable bonds is 4. The highest BCUT2D eigenvalue weighted by Crippen LogP contribution is 2.33. The van der Waals surface area contributed by atoms with Crippen molar-refractivity contribution in [2.45, 2.75) is 62.8 Å². The van der Waals surface area contributed by atoms with E-state index in [2.05, 4.69) is 4.98 Å². The number of carbonyl (C=O) groups is 1. The third-order valence-corrected chi connectivity index (χ3v) is 7.59. The third kappa shape index (κ3) is 3.27. The number of benzene rings is 1. The molecule has 1 aliphatic heterocycles. The van der Waals surface area contributed by atoms with Gasteiger partial charge in [0.2, 0.25) is 10.0 Å². The lowest BCUT2D eigenvalue weighted by atomic mass is 9.96. The first-order chi connectivity index (χ1) is 13.0. The van der Waals surface area contributed by atoms with Crippen molar-refractivity contribution in [3.8, 4) is 0 Å². The molecule has 0 bridgehead atoms. The van der Waals surface area contributed by atoms with Crippen molar-refractivity contribution in [3.63, 3.8) is 0 Å². The van der Waals surface area contributed by atoms with Gasteiger partial charge in [0, 0.05) is 23.1 Å². The highest BCUT2D eigenvalue weighted by molar-refractivity contribution is 7.89. The zero-order valence-electron chi connectivity index (χ0n) is 15.7. The van der Waals surface area contributed by atoms with Crippen molar-refractivity contribution in [1.82, 2.24) is 9.29 Å². The Bertz CT molecular complexity index is 964. The summed E-state index contributed by atoms with van der Waals surface area (Å²) in [6.45, 7) is 2.35. The number of piperidine rings is 1. The number of hydrogen-bond acceptors (Lipinski definition) is 4. The first-order valence-corrected chi connectivity index (χ1v) is 11.3. The van der Waals surface area contributed by atoms with Crippen LogP contribution in [0.15, 0.2) is 23.1 Å². The van der Waals surface area contributed by atoms with Crippen LogP contribution < -0.4 is 0 Å². The number of aryl methyl sites for hydroxylation is 2. The first kappa shape index (κ1) is 18.5. The van der Waals surface area contributed by atoms with Gasteiger partial charge < -0.3 is 9.72 Å². The predicted molar refractivity (Wildman–Crippen MR) is 103 cm³/mol. The number of hydrogen-bond donors (Lipinski definition) is 1. The van der Waals surface area contributed by atoms with Gasteiger partial charge in [-0.25, -0.2) is 8.42 Å². The van der Waals surface area contributed by atoms with Crippen LogP contribution in [0, 0.1) is 0 Å². The molecule has 6 nitrogen and oxygen atoms in total. The molecule has 1 aromatic carbocycles. The number of fused-ring (bicyclic) bond motifs is 3. The maximum atomic E-state index is 13.3. The largest absolute Gasteiger partial charge is 0.465 e. The minimum absolute atomic E-state index is 0.255. The molecule has 146 valence electrons. The van der Waals surface area contributed by atoms with E-state index in [0.29, 0.717) is 13.0 Å². The molecule has 2 heterocycles. The second kappa shape index (κ2) is 7.28. The van der Waals surface area contributed by atoms with Crippen molar-refractivity contribution in [3.05, 3.63) is 29.5 Å². The monoisotopic (exact) mass is 390 g/mol. The second-order valence-electron chi connectivity index (χ2n) is 7.38. The van der Waals surface area contributed by atoms with Crippen LogP contribution in [0.1, 0.15) is 50.3 Å².